The minimum atomic E-state index is 0.0493. The van der Waals surface area contributed by atoms with Crippen molar-refractivity contribution in [2.75, 3.05) is 13.1 Å². The molecule has 0 radical (unpaired) electrons. The maximum atomic E-state index is 12.3. The second-order valence-electron chi connectivity index (χ2n) is 6.17. The summed E-state index contributed by atoms with van der Waals surface area (Å²) in [6.07, 6.45) is 8.00. The largest absolute Gasteiger partial charge is 0.351 e. The molecule has 0 aliphatic heterocycles. The van der Waals surface area contributed by atoms with Gasteiger partial charge in [0.15, 0.2) is 0 Å². The Labute approximate surface area is 128 Å². The van der Waals surface area contributed by atoms with E-state index in [1.807, 2.05) is 32.0 Å². The Morgan fingerprint density at radius 1 is 1.05 bits per heavy atom. The number of carbonyl (C=O) groups is 1. The third kappa shape index (κ3) is 4.85. The molecule has 3 nitrogen and oxygen atoms in total. The first-order valence-corrected chi connectivity index (χ1v) is 8.26. The van der Waals surface area contributed by atoms with Crippen LogP contribution in [0.2, 0.25) is 0 Å². The van der Waals surface area contributed by atoms with E-state index in [1.54, 1.807) is 0 Å². The van der Waals surface area contributed by atoms with E-state index >= 15 is 0 Å². The van der Waals surface area contributed by atoms with Gasteiger partial charge in [-0.2, -0.15) is 0 Å². The number of aryl methyl sites for hydroxylation is 2. The van der Waals surface area contributed by atoms with Gasteiger partial charge in [-0.3, -0.25) is 4.79 Å². The summed E-state index contributed by atoms with van der Waals surface area (Å²) in [4.78, 5) is 12.3. The first-order valence-electron chi connectivity index (χ1n) is 8.26. The van der Waals surface area contributed by atoms with E-state index in [0.717, 1.165) is 23.2 Å². The summed E-state index contributed by atoms with van der Waals surface area (Å²) in [5, 5.41) is 6.62. The van der Waals surface area contributed by atoms with Crippen LogP contribution in [0.25, 0.3) is 0 Å². The van der Waals surface area contributed by atoms with Crippen molar-refractivity contribution >= 4 is 5.91 Å². The molecule has 116 valence electrons. The number of nitrogens with one attached hydrogen (secondary N) is 2. The number of hydrogen-bond donors (Lipinski definition) is 2. The highest BCUT2D eigenvalue weighted by Crippen LogP contribution is 2.17. The third-order valence-corrected chi connectivity index (χ3v) is 4.41. The van der Waals surface area contributed by atoms with Gasteiger partial charge in [-0.15, -0.1) is 0 Å². The van der Waals surface area contributed by atoms with Crippen LogP contribution in [0.15, 0.2) is 18.2 Å². The van der Waals surface area contributed by atoms with Crippen LogP contribution < -0.4 is 10.6 Å². The topological polar surface area (TPSA) is 41.1 Å². The minimum absolute atomic E-state index is 0.0493. The van der Waals surface area contributed by atoms with Crippen LogP contribution in [-0.4, -0.2) is 25.0 Å². The zero-order valence-corrected chi connectivity index (χ0v) is 13.4. The maximum absolute atomic E-state index is 12.3. The fraction of sp³-hybridized carbons (Fsp3) is 0.611. The molecule has 21 heavy (non-hydrogen) atoms. The second-order valence-corrected chi connectivity index (χ2v) is 6.17. The molecule has 0 unspecified atom stereocenters. The molecule has 2 rings (SSSR count). The molecular formula is C18H28N2O. The van der Waals surface area contributed by atoms with Crippen molar-refractivity contribution < 1.29 is 4.79 Å². The van der Waals surface area contributed by atoms with Gasteiger partial charge >= 0.3 is 0 Å². The lowest BCUT2D eigenvalue weighted by atomic mass is 10.0. The van der Waals surface area contributed by atoms with Crippen LogP contribution in [0.3, 0.4) is 0 Å². The molecular weight excluding hydrogens is 260 g/mol. The molecule has 0 saturated heterocycles. The molecule has 1 aromatic carbocycles. The molecule has 0 aromatic heterocycles. The minimum Gasteiger partial charge on any atom is -0.351 e. The Balaban J connectivity index is 1.74. The number of carbonyl (C=O) groups excluding carboxylic acids is 1. The van der Waals surface area contributed by atoms with Gasteiger partial charge < -0.3 is 10.6 Å². The fourth-order valence-electron chi connectivity index (χ4n) is 3.20. The summed E-state index contributed by atoms with van der Waals surface area (Å²) in [5.74, 6) is 0.0493. The van der Waals surface area contributed by atoms with Gasteiger partial charge in [0.25, 0.3) is 5.91 Å². The van der Waals surface area contributed by atoms with Crippen molar-refractivity contribution in [3.8, 4) is 0 Å². The number of amides is 1. The fourth-order valence-corrected chi connectivity index (χ4v) is 3.20. The predicted octanol–water partition coefficient (Wildman–Crippen LogP) is 3.35. The molecule has 1 saturated carbocycles. The van der Waals surface area contributed by atoms with Gasteiger partial charge in [0.2, 0.25) is 0 Å². The Morgan fingerprint density at radius 3 is 2.29 bits per heavy atom. The highest BCUT2D eigenvalue weighted by molar-refractivity contribution is 5.97. The summed E-state index contributed by atoms with van der Waals surface area (Å²) >= 11 is 0. The van der Waals surface area contributed by atoms with Gasteiger partial charge in [-0.1, -0.05) is 43.9 Å². The maximum Gasteiger partial charge on any atom is 0.251 e. The van der Waals surface area contributed by atoms with E-state index in [1.165, 1.54) is 38.5 Å². The smallest absolute Gasteiger partial charge is 0.251 e. The average molecular weight is 288 g/mol. The van der Waals surface area contributed by atoms with Crippen LogP contribution in [-0.2, 0) is 0 Å². The molecule has 1 fully saturated rings. The van der Waals surface area contributed by atoms with E-state index < -0.39 is 0 Å². The van der Waals surface area contributed by atoms with Crippen molar-refractivity contribution in [2.24, 2.45) is 0 Å². The van der Waals surface area contributed by atoms with E-state index in [0.29, 0.717) is 12.6 Å². The van der Waals surface area contributed by atoms with Crippen molar-refractivity contribution in [2.45, 2.75) is 58.4 Å². The van der Waals surface area contributed by atoms with Crippen LogP contribution in [0.5, 0.6) is 0 Å². The van der Waals surface area contributed by atoms with E-state index in [-0.39, 0.29) is 5.91 Å². The molecule has 0 heterocycles. The Bertz CT molecular complexity index is 442. The number of benzene rings is 1. The monoisotopic (exact) mass is 288 g/mol. The van der Waals surface area contributed by atoms with Crippen LogP contribution in [0.4, 0.5) is 0 Å². The summed E-state index contributed by atoms with van der Waals surface area (Å²) in [5.41, 5.74) is 2.92. The average Bonchev–Trinajstić information content (AvgIpc) is 2.72. The number of rotatable bonds is 5. The third-order valence-electron chi connectivity index (χ3n) is 4.41. The molecule has 1 aromatic rings. The second kappa shape index (κ2) is 8.18. The lowest BCUT2D eigenvalue weighted by Crippen LogP contribution is -2.37. The molecule has 0 spiro atoms. The zero-order valence-electron chi connectivity index (χ0n) is 13.4. The first kappa shape index (κ1) is 16.0. The molecule has 0 atom stereocenters. The predicted molar refractivity (Wildman–Crippen MR) is 87.7 cm³/mol. The molecule has 1 aliphatic carbocycles. The normalized spacial score (nSPS) is 16.5. The summed E-state index contributed by atoms with van der Waals surface area (Å²) in [6.45, 7) is 5.54. The van der Waals surface area contributed by atoms with Crippen molar-refractivity contribution in [1.82, 2.24) is 10.6 Å². The van der Waals surface area contributed by atoms with E-state index in [2.05, 4.69) is 10.6 Å². The zero-order chi connectivity index (χ0) is 15.1. The standard InChI is InChI=1S/C18H28N2O/c1-14-8-7-9-15(2)17(14)18(21)20-13-12-19-16-10-5-3-4-6-11-16/h7-9,16,19H,3-6,10-13H2,1-2H3,(H,20,21). The SMILES string of the molecule is Cc1cccc(C)c1C(=O)NCCNC1CCCCCC1. The van der Waals surface area contributed by atoms with Crippen molar-refractivity contribution in [1.29, 1.82) is 0 Å². The summed E-state index contributed by atoms with van der Waals surface area (Å²) in [6, 6.07) is 6.62. The Morgan fingerprint density at radius 2 is 1.67 bits per heavy atom. The highest BCUT2D eigenvalue weighted by Gasteiger charge is 2.13. The molecule has 3 heteroatoms. The van der Waals surface area contributed by atoms with Gasteiger partial charge in [-0.25, -0.2) is 0 Å². The highest BCUT2D eigenvalue weighted by atomic mass is 16.1. The Kier molecular flexibility index (Phi) is 6.24. The lowest BCUT2D eigenvalue weighted by Gasteiger charge is -2.16. The van der Waals surface area contributed by atoms with Crippen molar-refractivity contribution in [3.05, 3.63) is 34.9 Å². The molecule has 0 bridgehead atoms. The quantitative estimate of drug-likeness (QED) is 0.644. The van der Waals surface area contributed by atoms with Gasteiger partial charge in [0, 0.05) is 24.7 Å². The van der Waals surface area contributed by atoms with Gasteiger partial charge in [0.1, 0.15) is 0 Å². The van der Waals surface area contributed by atoms with E-state index in [4.69, 9.17) is 0 Å². The lowest BCUT2D eigenvalue weighted by molar-refractivity contribution is 0.0952. The van der Waals surface area contributed by atoms with Gasteiger partial charge in [0.05, 0.1) is 0 Å². The Hall–Kier alpha value is -1.35. The first-order chi connectivity index (χ1) is 10.2. The van der Waals surface area contributed by atoms with Crippen molar-refractivity contribution in [3.63, 3.8) is 0 Å². The van der Waals surface area contributed by atoms with E-state index in [9.17, 15) is 4.79 Å². The molecule has 1 aliphatic rings. The van der Waals surface area contributed by atoms with Gasteiger partial charge in [-0.05, 0) is 37.8 Å². The summed E-state index contributed by atoms with van der Waals surface area (Å²) < 4.78 is 0. The number of hydrogen-bond acceptors (Lipinski definition) is 2. The molecule has 2 N–H and O–H groups in total. The summed E-state index contributed by atoms with van der Waals surface area (Å²) in [7, 11) is 0. The van der Waals surface area contributed by atoms with Crippen LogP contribution >= 0.6 is 0 Å². The van der Waals surface area contributed by atoms with Crippen LogP contribution in [0.1, 0.15) is 60.0 Å². The van der Waals surface area contributed by atoms with Crippen LogP contribution in [0, 0.1) is 13.8 Å². The molecule has 1 amide bonds.